The van der Waals surface area contributed by atoms with Crippen LogP contribution in [0.3, 0.4) is 0 Å². The third kappa shape index (κ3) is 55.9. The zero-order chi connectivity index (χ0) is 78.7. The van der Waals surface area contributed by atoms with Crippen molar-refractivity contribution >= 4 is 53.5 Å². The van der Waals surface area contributed by atoms with E-state index in [9.17, 15) is 0 Å². The lowest BCUT2D eigenvalue weighted by Crippen LogP contribution is -2.03. The second kappa shape index (κ2) is 74.6. The Hall–Kier alpha value is -4.26. The number of unbranched alkanes of at least 4 members (excludes halogenated alkanes) is 54. The lowest BCUT2D eigenvalue weighted by atomic mass is 10.1. The molecule has 0 aliphatic heterocycles. The molecule has 111 heavy (non-hydrogen) atoms. The van der Waals surface area contributed by atoms with Gasteiger partial charge in [0.15, 0.2) is 50.0 Å². The predicted octanol–water partition coefficient (Wildman–Crippen LogP) is 34.0. The maximum atomic E-state index is 6.60. The molecule has 0 aliphatic rings. The number of rotatable bonds is 81. The van der Waals surface area contributed by atoms with Gasteiger partial charge in [-0.05, 0) is 126 Å². The van der Waals surface area contributed by atoms with Gasteiger partial charge in [0.05, 0.1) is 39.6 Å². The summed E-state index contributed by atoms with van der Waals surface area (Å²) in [7, 11) is 0. The summed E-state index contributed by atoms with van der Waals surface area (Å²) >= 11 is 4.51. The molecule has 0 amide bonds. The van der Waals surface area contributed by atoms with E-state index in [0.717, 1.165) is 89.7 Å². The Morgan fingerprint density at radius 3 is 0.523 bits per heavy atom. The molecule has 0 spiro atoms. The van der Waals surface area contributed by atoms with Gasteiger partial charge in [-0.15, -0.1) is 0 Å². The maximum absolute atomic E-state index is 6.60. The summed E-state index contributed by atoms with van der Waals surface area (Å²) in [5, 5.41) is 8.14. The first kappa shape index (κ1) is 99.1. The van der Waals surface area contributed by atoms with E-state index in [1.54, 1.807) is 0 Å². The molecule has 0 aliphatic carbocycles. The summed E-state index contributed by atoms with van der Waals surface area (Å²) in [6, 6.07) is 19.1. The molecule has 0 atom stereocenters. The molecule has 630 valence electrons. The van der Waals surface area contributed by atoms with E-state index >= 15 is 0 Å². The van der Waals surface area contributed by atoms with Crippen LogP contribution in [0.2, 0.25) is 0 Å². The van der Waals surface area contributed by atoms with E-state index in [1.165, 1.54) is 382 Å². The second-order valence-electron chi connectivity index (χ2n) is 31.7. The quantitative estimate of drug-likeness (QED) is 0.0311. The molecule has 0 saturated heterocycles. The fourth-order valence-electron chi connectivity index (χ4n) is 14.2. The number of aromatic nitrogens is 3. The highest BCUT2D eigenvalue weighted by Gasteiger charge is 2.14. The van der Waals surface area contributed by atoms with E-state index in [4.69, 9.17) is 43.4 Å². The molecule has 4 aromatic rings. The zero-order valence-corrected chi connectivity index (χ0v) is 74.8. The summed E-state index contributed by atoms with van der Waals surface area (Å²) in [5.74, 6) is 4.95. The average molecular weight is 1590 g/mol. The second-order valence-corrected chi connectivity index (χ2v) is 34.4. The van der Waals surface area contributed by atoms with Crippen molar-refractivity contribution in [3.8, 4) is 34.5 Å². The molecule has 9 nitrogen and oxygen atoms in total. The molecule has 0 bridgehead atoms. The first-order chi connectivity index (χ1) is 55.0. The van der Waals surface area contributed by atoms with E-state index in [-0.39, 0.29) is 0 Å². The van der Waals surface area contributed by atoms with Crippen molar-refractivity contribution in [2.45, 2.75) is 442 Å². The summed E-state index contributed by atoms with van der Waals surface area (Å²) in [6.45, 7) is 17.9. The lowest BCUT2D eigenvalue weighted by molar-refractivity contribution is 0.258. The van der Waals surface area contributed by atoms with Crippen molar-refractivity contribution in [1.29, 1.82) is 0 Å². The molecule has 0 fully saturated rings. The first-order valence-corrected chi connectivity index (χ1v) is 49.6. The van der Waals surface area contributed by atoms with E-state index < -0.39 is 0 Å². The molecule has 12 heteroatoms. The Labute approximate surface area is 696 Å². The highest BCUT2D eigenvalue weighted by molar-refractivity contribution is 8.03. The zero-order valence-electron chi connectivity index (χ0n) is 72.3. The van der Waals surface area contributed by atoms with Crippen molar-refractivity contribution in [2.24, 2.45) is 0 Å². The Morgan fingerprint density at radius 1 is 0.198 bits per heavy atom. The van der Waals surface area contributed by atoms with Gasteiger partial charge < -0.3 is 28.4 Å². The van der Waals surface area contributed by atoms with Crippen LogP contribution in [0.15, 0.2) is 86.3 Å². The highest BCUT2D eigenvalue weighted by atomic mass is 32.2. The average Bonchev–Trinajstić information content (AvgIpc) is 0.881. The molecule has 3 aromatic carbocycles. The molecule has 0 saturated carbocycles. The van der Waals surface area contributed by atoms with Crippen molar-refractivity contribution < 1.29 is 28.4 Å². The number of nitrogens with zero attached hydrogens (tertiary/aromatic N) is 3. The summed E-state index contributed by atoms with van der Waals surface area (Å²) in [5.41, 5.74) is 3.13. The fraction of sp³-hybridized carbons (Fsp3) is 0.727. The van der Waals surface area contributed by atoms with Crippen LogP contribution >= 0.6 is 35.3 Å². The van der Waals surface area contributed by atoms with Crippen LogP contribution in [0.5, 0.6) is 34.5 Å². The molecular weight excluding hydrogens is 1420 g/mol. The Kier molecular flexibility index (Phi) is 66.6. The summed E-state index contributed by atoms with van der Waals surface area (Å²) in [4.78, 5) is 15.2. The SMILES string of the molecule is CCCCCCCCCCCCOc1ccc(/C=C/Sc2nc(S/C=C/c3ccc(OCCCCCCCCCCCC)c(OCCCCCCCCCCCC)c3)nc(S/C=C/c3ccc(OCCCCCCCCCCCC)c(OCCCCCCCCCCCC)c3)n2)cc1OCCCCCCCCCCCC. The molecule has 1 aromatic heterocycles. The Balaban J connectivity index is 1.56. The molecule has 0 radical (unpaired) electrons. The minimum atomic E-state index is 0.625. The van der Waals surface area contributed by atoms with Gasteiger partial charge in [-0.3, -0.25) is 0 Å². The molecule has 1 heterocycles. The minimum absolute atomic E-state index is 0.625. The largest absolute Gasteiger partial charge is 0.490 e. The number of thioether (sulfide) groups is 3. The third-order valence-electron chi connectivity index (χ3n) is 21.3. The van der Waals surface area contributed by atoms with Crippen molar-refractivity contribution in [3.63, 3.8) is 0 Å². The first-order valence-electron chi connectivity index (χ1n) is 46.9. The van der Waals surface area contributed by atoms with Crippen molar-refractivity contribution in [2.75, 3.05) is 39.6 Å². The minimum Gasteiger partial charge on any atom is -0.490 e. The topological polar surface area (TPSA) is 94.1 Å². The van der Waals surface area contributed by atoms with Crippen LogP contribution in [0, 0.1) is 0 Å². The van der Waals surface area contributed by atoms with Crippen LogP contribution in [0.4, 0.5) is 0 Å². The maximum Gasteiger partial charge on any atom is 0.196 e. The summed E-state index contributed by atoms with van der Waals surface area (Å²) in [6.07, 6.45) is 84.2. The van der Waals surface area contributed by atoms with Crippen LogP contribution in [0.1, 0.15) is 443 Å². The van der Waals surface area contributed by atoms with E-state index in [2.05, 4.69) is 131 Å². The molecule has 4 rings (SSSR count). The normalized spacial score (nSPS) is 11.7. The van der Waals surface area contributed by atoms with Gasteiger partial charge in [0, 0.05) is 0 Å². The Morgan fingerprint density at radius 2 is 0.351 bits per heavy atom. The lowest BCUT2D eigenvalue weighted by Gasteiger charge is -2.14. The smallest absolute Gasteiger partial charge is 0.196 e. The van der Waals surface area contributed by atoms with Gasteiger partial charge in [0.2, 0.25) is 0 Å². The van der Waals surface area contributed by atoms with Gasteiger partial charge >= 0.3 is 0 Å². The van der Waals surface area contributed by atoms with Crippen LogP contribution in [-0.4, -0.2) is 54.6 Å². The van der Waals surface area contributed by atoms with Crippen LogP contribution in [-0.2, 0) is 0 Å². The number of benzene rings is 3. The van der Waals surface area contributed by atoms with Gasteiger partial charge in [-0.2, -0.15) is 15.0 Å². The highest BCUT2D eigenvalue weighted by Crippen LogP contribution is 2.35. The van der Waals surface area contributed by atoms with Crippen molar-refractivity contribution in [1.82, 2.24) is 15.0 Å². The molecular formula is C99H165N3O6S3. The van der Waals surface area contributed by atoms with Gasteiger partial charge in [0.1, 0.15) is 0 Å². The van der Waals surface area contributed by atoms with Gasteiger partial charge in [-0.25, -0.2) is 0 Å². The Bertz CT molecular complexity index is 2540. The molecule has 0 N–H and O–H groups in total. The standard InChI is InChI=1S/C99H165N3O6S3/c1-7-13-19-25-31-37-43-49-55-61-76-103-91-70-67-88(85-94(91)106-79-64-58-52-46-40-34-28-22-16-10-4)73-82-109-97-100-98(110-83-74-89-68-71-92(104-77-62-56-50-44-38-32-26-20-14-8-2)95(86-89)107-80-65-59-53-47-41-35-29-23-17-11-5)102-99(101-97)111-84-75-90-69-72-93(105-78-63-57-51-45-39-33-27-21-15-9-3)96(87-90)108-81-66-60-54-48-42-36-30-24-18-12-6/h67-75,82-87H,7-66,76-81H2,1-6H3/b82-73+,83-74+,84-75+. The predicted molar refractivity (Wildman–Crippen MR) is 488 cm³/mol. The van der Waals surface area contributed by atoms with E-state index in [1.807, 2.05) is 0 Å². The third-order valence-corrected chi connectivity index (χ3v) is 23.3. The fourth-order valence-corrected chi connectivity index (χ4v) is 16.3. The van der Waals surface area contributed by atoms with Crippen LogP contribution < -0.4 is 28.4 Å². The molecule has 0 unspecified atom stereocenters. The number of ether oxygens (including phenoxy) is 6. The summed E-state index contributed by atoms with van der Waals surface area (Å²) < 4.78 is 39.3. The number of hydrogen-bond acceptors (Lipinski definition) is 12. The van der Waals surface area contributed by atoms with Crippen LogP contribution in [0.25, 0.3) is 18.2 Å². The van der Waals surface area contributed by atoms with E-state index in [0.29, 0.717) is 55.1 Å². The van der Waals surface area contributed by atoms with Gasteiger partial charge in [0.25, 0.3) is 0 Å². The van der Waals surface area contributed by atoms with Gasteiger partial charge in [-0.1, -0.05) is 442 Å². The monoisotopic (exact) mass is 1590 g/mol. The number of hydrogen-bond donors (Lipinski definition) is 0. The van der Waals surface area contributed by atoms with Crippen molar-refractivity contribution in [3.05, 3.63) is 87.5 Å².